The van der Waals surface area contributed by atoms with Crippen molar-refractivity contribution in [3.63, 3.8) is 0 Å². The molecule has 3 aromatic rings. The number of anilines is 1. The van der Waals surface area contributed by atoms with Crippen LogP contribution in [-0.2, 0) is 13.5 Å². The molecule has 0 amide bonds. The highest BCUT2D eigenvalue weighted by atomic mass is 19.3. The first-order valence-corrected chi connectivity index (χ1v) is 8.37. The van der Waals surface area contributed by atoms with E-state index in [1.807, 2.05) is 37.6 Å². The summed E-state index contributed by atoms with van der Waals surface area (Å²) in [5, 5.41) is 5.03. The fourth-order valence-electron chi connectivity index (χ4n) is 3.52. The molecule has 1 fully saturated rings. The van der Waals surface area contributed by atoms with Crippen molar-refractivity contribution in [2.75, 3.05) is 18.0 Å². The number of fused-ring (bicyclic) bond motifs is 1. The van der Waals surface area contributed by atoms with Gasteiger partial charge in [0, 0.05) is 31.7 Å². The van der Waals surface area contributed by atoms with Crippen LogP contribution in [0, 0.1) is 5.92 Å². The molecule has 1 atom stereocenters. The number of rotatable bonds is 4. The quantitative estimate of drug-likeness (QED) is 0.729. The second-order valence-corrected chi connectivity index (χ2v) is 6.55. The summed E-state index contributed by atoms with van der Waals surface area (Å²) < 4.78 is 28.2. The van der Waals surface area contributed by atoms with Crippen molar-refractivity contribution < 1.29 is 8.78 Å². The molecule has 0 saturated carbocycles. The molecule has 1 aliphatic rings. The summed E-state index contributed by atoms with van der Waals surface area (Å²) in [5.41, 5.74) is 1.77. The minimum absolute atomic E-state index is 0.399. The van der Waals surface area contributed by atoms with Crippen LogP contribution in [0.2, 0.25) is 0 Å². The van der Waals surface area contributed by atoms with Gasteiger partial charge in [0.15, 0.2) is 5.82 Å². The van der Waals surface area contributed by atoms with Crippen molar-refractivity contribution >= 4 is 16.7 Å². The molecular weight excluding hydrogens is 324 g/mol. The van der Waals surface area contributed by atoms with Crippen LogP contribution < -0.4 is 4.90 Å². The van der Waals surface area contributed by atoms with Crippen LogP contribution in [0.25, 0.3) is 10.9 Å². The number of benzene rings is 1. The molecule has 130 valence electrons. The zero-order valence-corrected chi connectivity index (χ0v) is 13.9. The Morgan fingerprint density at radius 1 is 1.24 bits per heavy atom. The van der Waals surface area contributed by atoms with E-state index in [0.717, 1.165) is 31.3 Å². The highest BCUT2D eigenvalue weighted by Crippen LogP contribution is 2.31. The molecule has 7 heteroatoms. The second-order valence-electron chi connectivity index (χ2n) is 6.55. The van der Waals surface area contributed by atoms with Crippen LogP contribution in [0.15, 0.2) is 36.7 Å². The van der Waals surface area contributed by atoms with Gasteiger partial charge in [-0.3, -0.25) is 4.68 Å². The van der Waals surface area contributed by atoms with Crippen LogP contribution in [0.1, 0.15) is 24.2 Å². The minimum atomic E-state index is -2.67. The molecule has 0 bridgehead atoms. The predicted molar refractivity (Wildman–Crippen MR) is 91.7 cm³/mol. The van der Waals surface area contributed by atoms with E-state index in [1.54, 1.807) is 10.7 Å². The molecule has 0 spiro atoms. The molecule has 2 aromatic heterocycles. The van der Waals surface area contributed by atoms with Crippen LogP contribution >= 0.6 is 0 Å². The lowest BCUT2D eigenvalue weighted by atomic mass is 10.0. The molecule has 0 radical (unpaired) electrons. The Morgan fingerprint density at radius 3 is 2.84 bits per heavy atom. The van der Waals surface area contributed by atoms with Gasteiger partial charge in [-0.2, -0.15) is 5.10 Å². The lowest BCUT2D eigenvalue weighted by molar-refractivity contribution is 0.141. The fourth-order valence-corrected chi connectivity index (χ4v) is 3.52. The van der Waals surface area contributed by atoms with Gasteiger partial charge in [0.05, 0.1) is 11.7 Å². The lowest BCUT2D eigenvalue weighted by Crippen LogP contribution is -2.22. The number of hydrogen-bond donors (Lipinski definition) is 0. The Balaban J connectivity index is 1.61. The van der Waals surface area contributed by atoms with Crippen molar-refractivity contribution in [3.8, 4) is 0 Å². The zero-order chi connectivity index (χ0) is 17.4. The van der Waals surface area contributed by atoms with Gasteiger partial charge < -0.3 is 4.90 Å². The molecule has 5 nitrogen and oxygen atoms in total. The molecule has 1 aliphatic heterocycles. The molecule has 4 rings (SSSR count). The van der Waals surface area contributed by atoms with Gasteiger partial charge in [-0.25, -0.2) is 18.7 Å². The number of aromatic nitrogens is 4. The van der Waals surface area contributed by atoms with E-state index in [4.69, 9.17) is 0 Å². The summed E-state index contributed by atoms with van der Waals surface area (Å²) >= 11 is 0. The predicted octanol–water partition coefficient (Wildman–Crippen LogP) is 3.37. The van der Waals surface area contributed by atoms with Crippen LogP contribution in [0.3, 0.4) is 0 Å². The van der Waals surface area contributed by atoms with Crippen molar-refractivity contribution in [1.29, 1.82) is 0 Å². The normalized spacial score (nSPS) is 17.8. The lowest BCUT2D eigenvalue weighted by Gasteiger charge is -2.20. The molecule has 25 heavy (non-hydrogen) atoms. The standard InChI is InChI=1S/C18H19F2N5/c1-24-10-13(9-21-24)8-12-6-7-25(11-12)18-14-4-2-3-5-15(14)22-17(23-18)16(19)20/h2-5,9-10,12,16H,6-8,11H2,1H3. The van der Waals surface area contributed by atoms with Gasteiger partial charge >= 0.3 is 0 Å². The number of para-hydroxylation sites is 1. The average Bonchev–Trinajstić information content (AvgIpc) is 3.23. The summed E-state index contributed by atoms with van der Waals surface area (Å²) in [6, 6.07) is 7.36. The highest BCUT2D eigenvalue weighted by molar-refractivity contribution is 5.89. The molecule has 0 N–H and O–H groups in total. The molecular formula is C18H19F2N5. The third kappa shape index (κ3) is 3.18. The first-order chi connectivity index (χ1) is 12.1. The monoisotopic (exact) mass is 343 g/mol. The van der Waals surface area contributed by atoms with Gasteiger partial charge in [0.2, 0.25) is 0 Å². The van der Waals surface area contributed by atoms with E-state index in [1.165, 1.54) is 5.56 Å². The van der Waals surface area contributed by atoms with E-state index in [0.29, 0.717) is 17.3 Å². The Bertz CT molecular complexity index is 892. The molecule has 1 saturated heterocycles. The van der Waals surface area contributed by atoms with Gasteiger partial charge in [0.25, 0.3) is 6.43 Å². The SMILES string of the molecule is Cn1cc(CC2CCN(c3nc(C(F)F)nc4ccccc34)C2)cn1. The Kier molecular flexibility index (Phi) is 4.07. The van der Waals surface area contributed by atoms with Crippen molar-refractivity contribution in [2.45, 2.75) is 19.3 Å². The van der Waals surface area contributed by atoms with Crippen LogP contribution in [0.4, 0.5) is 14.6 Å². The molecule has 3 heterocycles. The van der Waals surface area contributed by atoms with E-state index in [2.05, 4.69) is 20.0 Å². The maximum Gasteiger partial charge on any atom is 0.297 e. The first kappa shape index (κ1) is 15.9. The van der Waals surface area contributed by atoms with Gasteiger partial charge in [-0.05, 0) is 36.5 Å². The van der Waals surface area contributed by atoms with E-state index in [9.17, 15) is 8.78 Å². The largest absolute Gasteiger partial charge is 0.356 e. The molecule has 0 aliphatic carbocycles. The van der Waals surface area contributed by atoms with Crippen molar-refractivity contribution in [3.05, 3.63) is 48.0 Å². The maximum atomic E-state index is 13.2. The summed E-state index contributed by atoms with van der Waals surface area (Å²) in [4.78, 5) is 10.3. The summed E-state index contributed by atoms with van der Waals surface area (Å²) in [6.45, 7) is 1.62. The number of hydrogen-bond acceptors (Lipinski definition) is 4. The topological polar surface area (TPSA) is 46.8 Å². The third-order valence-corrected chi connectivity index (χ3v) is 4.66. The zero-order valence-electron chi connectivity index (χ0n) is 13.9. The van der Waals surface area contributed by atoms with E-state index >= 15 is 0 Å². The Morgan fingerprint density at radius 2 is 2.08 bits per heavy atom. The smallest absolute Gasteiger partial charge is 0.297 e. The fraction of sp³-hybridized carbons (Fsp3) is 0.389. The van der Waals surface area contributed by atoms with Crippen LogP contribution in [-0.4, -0.2) is 32.8 Å². The van der Waals surface area contributed by atoms with Gasteiger partial charge in [-0.15, -0.1) is 0 Å². The van der Waals surface area contributed by atoms with Crippen LogP contribution in [0.5, 0.6) is 0 Å². The summed E-state index contributed by atoms with van der Waals surface area (Å²) in [6.07, 6.45) is 3.19. The summed E-state index contributed by atoms with van der Waals surface area (Å²) in [5.74, 6) is 0.687. The van der Waals surface area contributed by atoms with Crippen molar-refractivity contribution in [2.24, 2.45) is 13.0 Å². The van der Waals surface area contributed by atoms with Crippen molar-refractivity contribution in [1.82, 2.24) is 19.7 Å². The van der Waals surface area contributed by atoms with E-state index in [-0.39, 0.29) is 0 Å². The summed E-state index contributed by atoms with van der Waals surface area (Å²) in [7, 11) is 1.91. The second kappa shape index (κ2) is 6.38. The Labute approximate surface area is 144 Å². The number of halogens is 2. The minimum Gasteiger partial charge on any atom is -0.356 e. The molecule has 1 unspecified atom stereocenters. The van der Waals surface area contributed by atoms with Gasteiger partial charge in [0.1, 0.15) is 5.82 Å². The average molecular weight is 343 g/mol. The highest BCUT2D eigenvalue weighted by Gasteiger charge is 2.27. The number of aryl methyl sites for hydroxylation is 1. The van der Waals surface area contributed by atoms with E-state index < -0.39 is 12.2 Å². The maximum absolute atomic E-state index is 13.2. The number of nitrogens with zero attached hydrogens (tertiary/aromatic N) is 5. The number of alkyl halides is 2. The first-order valence-electron chi connectivity index (χ1n) is 8.37. The third-order valence-electron chi connectivity index (χ3n) is 4.66. The Hall–Kier alpha value is -2.57. The molecule has 1 aromatic carbocycles. The van der Waals surface area contributed by atoms with Gasteiger partial charge in [-0.1, -0.05) is 12.1 Å².